The van der Waals surface area contributed by atoms with E-state index in [2.05, 4.69) is 24.4 Å². The Morgan fingerprint density at radius 2 is 1.93 bits per heavy atom. The van der Waals surface area contributed by atoms with Crippen molar-refractivity contribution in [1.82, 2.24) is 5.32 Å². The van der Waals surface area contributed by atoms with Crippen LogP contribution in [0.25, 0.3) is 0 Å². The fourth-order valence-corrected chi connectivity index (χ4v) is 1.44. The molecule has 1 rings (SSSR count). The van der Waals surface area contributed by atoms with Gasteiger partial charge >= 0.3 is 0 Å². The number of benzene rings is 1. The monoisotopic (exact) mass is 209 g/mol. The van der Waals surface area contributed by atoms with Crippen molar-refractivity contribution in [3.8, 4) is 0 Å². The van der Waals surface area contributed by atoms with Crippen molar-refractivity contribution in [1.29, 1.82) is 0 Å². The highest BCUT2D eigenvalue weighted by Gasteiger charge is 2.06. The van der Waals surface area contributed by atoms with Crippen LogP contribution in [0.1, 0.15) is 12.5 Å². The van der Waals surface area contributed by atoms with Crippen LogP contribution in [0, 0.1) is 0 Å². The van der Waals surface area contributed by atoms with Crippen molar-refractivity contribution < 1.29 is 10.2 Å². The molecule has 0 aliphatic rings. The number of nitrogens with one attached hydrogen (secondary N) is 1. The van der Waals surface area contributed by atoms with Crippen LogP contribution in [-0.4, -0.2) is 35.5 Å². The molecule has 84 valence electrons. The van der Waals surface area contributed by atoms with Gasteiger partial charge in [0.1, 0.15) is 0 Å². The first-order valence-corrected chi connectivity index (χ1v) is 5.28. The molecular weight excluding hydrogens is 190 g/mol. The van der Waals surface area contributed by atoms with Crippen molar-refractivity contribution in [3.05, 3.63) is 35.9 Å². The minimum absolute atomic E-state index is 0.189. The van der Waals surface area contributed by atoms with Gasteiger partial charge in [0.25, 0.3) is 0 Å². The van der Waals surface area contributed by atoms with Crippen LogP contribution in [-0.2, 0) is 6.42 Å². The molecule has 0 unspecified atom stereocenters. The fourth-order valence-electron chi connectivity index (χ4n) is 1.44. The van der Waals surface area contributed by atoms with Crippen LogP contribution in [0.5, 0.6) is 0 Å². The third-order valence-electron chi connectivity index (χ3n) is 2.30. The average molecular weight is 209 g/mol. The molecule has 15 heavy (non-hydrogen) atoms. The Kier molecular flexibility index (Phi) is 5.32. The van der Waals surface area contributed by atoms with Gasteiger partial charge in [0.2, 0.25) is 0 Å². The van der Waals surface area contributed by atoms with Gasteiger partial charge in [-0.1, -0.05) is 30.3 Å². The van der Waals surface area contributed by atoms with E-state index >= 15 is 0 Å². The standard InChI is InChI=1S/C12H19NO2/c1-10(13-8-12(15)9-14)7-11-5-3-2-4-6-11/h2-6,10,12-15H,7-9H2,1H3/t10-,12-/m0/s1. The largest absolute Gasteiger partial charge is 0.394 e. The molecule has 0 radical (unpaired) electrons. The summed E-state index contributed by atoms with van der Waals surface area (Å²) < 4.78 is 0. The van der Waals surface area contributed by atoms with E-state index in [1.165, 1.54) is 5.56 Å². The first-order valence-electron chi connectivity index (χ1n) is 5.28. The van der Waals surface area contributed by atoms with Crippen LogP contribution in [0.4, 0.5) is 0 Å². The summed E-state index contributed by atoms with van der Waals surface area (Å²) in [6.45, 7) is 2.31. The highest BCUT2D eigenvalue weighted by molar-refractivity contribution is 5.15. The molecule has 2 atom stereocenters. The minimum atomic E-state index is -0.664. The molecule has 0 amide bonds. The van der Waals surface area contributed by atoms with Gasteiger partial charge in [-0.25, -0.2) is 0 Å². The molecular formula is C12H19NO2. The molecule has 0 saturated carbocycles. The number of hydrogen-bond acceptors (Lipinski definition) is 3. The third kappa shape index (κ3) is 4.93. The Balaban J connectivity index is 2.27. The summed E-state index contributed by atoms with van der Waals surface area (Å²) in [4.78, 5) is 0. The van der Waals surface area contributed by atoms with Crippen molar-refractivity contribution in [2.75, 3.05) is 13.2 Å². The third-order valence-corrected chi connectivity index (χ3v) is 2.30. The zero-order valence-corrected chi connectivity index (χ0v) is 9.06. The van der Waals surface area contributed by atoms with E-state index in [0.29, 0.717) is 12.6 Å². The van der Waals surface area contributed by atoms with E-state index in [1.807, 2.05) is 18.2 Å². The first kappa shape index (κ1) is 12.2. The predicted molar refractivity (Wildman–Crippen MR) is 60.7 cm³/mol. The van der Waals surface area contributed by atoms with E-state index < -0.39 is 6.10 Å². The molecule has 3 N–H and O–H groups in total. The lowest BCUT2D eigenvalue weighted by molar-refractivity contribution is 0.0924. The number of aliphatic hydroxyl groups is 2. The highest BCUT2D eigenvalue weighted by atomic mass is 16.3. The van der Waals surface area contributed by atoms with Crippen LogP contribution < -0.4 is 5.32 Å². The van der Waals surface area contributed by atoms with Gasteiger partial charge in [-0.15, -0.1) is 0 Å². The molecule has 3 heteroatoms. The zero-order chi connectivity index (χ0) is 11.1. The second-order valence-electron chi connectivity index (χ2n) is 3.84. The summed E-state index contributed by atoms with van der Waals surface area (Å²) in [6.07, 6.45) is 0.266. The predicted octanol–water partition coefficient (Wildman–Crippen LogP) is 0.560. The molecule has 3 nitrogen and oxygen atoms in total. The van der Waals surface area contributed by atoms with E-state index in [-0.39, 0.29) is 6.61 Å². The number of hydrogen-bond donors (Lipinski definition) is 3. The molecule has 0 aromatic heterocycles. The fraction of sp³-hybridized carbons (Fsp3) is 0.500. The second kappa shape index (κ2) is 6.56. The maximum Gasteiger partial charge on any atom is 0.0895 e. The van der Waals surface area contributed by atoms with Crippen LogP contribution in [0.15, 0.2) is 30.3 Å². The van der Waals surface area contributed by atoms with Gasteiger partial charge in [0.15, 0.2) is 0 Å². The van der Waals surface area contributed by atoms with Crippen LogP contribution >= 0.6 is 0 Å². The lowest BCUT2D eigenvalue weighted by atomic mass is 10.1. The Hall–Kier alpha value is -0.900. The molecule has 1 aromatic rings. The van der Waals surface area contributed by atoms with E-state index in [4.69, 9.17) is 10.2 Å². The first-order chi connectivity index (χ1) is 7.22. The molecule has 0 bridgehead atoms. The Morgan fingerprint density at radius 1 is 1.27 bits per heavy atom. The lowest BCUT2D eigenvalue weighted by Crippen LogP contribution is -2.36. The SMILES string of the molecule is C[C@@H](Cc1ccccc1)NC[C@H](O)CO. The molecule has 1 aromatic carbocycles. The van der Waals surface area contributed by atoms with Gasteiger partial charge in [-0.3, -0.25) is 0 Å². The Labute approximate surface area is 90.8 Å². The normalized spacial score (nSPS) is 14.9. The summed E-state index contributed by atoms with van der Waals surface area (Å²) in [5.41, 5.74) is 1.27. The van der Waals surface area contributed by atoms with Crippen LogP contribution in [0.2, 0.25) is 0 Å². The smallest absolute Gasteiger partial charge is 0.0895 e. The van der Waals surface area contributed by atoms with Crippen molar-refractivity contribution in [3.63, 3.8) is 0 Å². The zero-order valence-electron chi connectivity index (χ0n) is 9.06. The maximum atomic E-state index is 9.16. The molecule has 0 aliphatic heterocycles. The van der Waals surface area contributed by atoms with Crippen molar-refractivity contribution in [2.45, 2.75) is 25.5 Å². The van der Waals surface area contributed by atoms with Gasteiger partial charge in [-0.05, 0) is 18.9 Å². The van der Waals surface area contributed by atoms with Gasteiger partial charge in [0, 0.05) is 12.6 Å². The van der Waals surface area contributed by atoms with E-state index in [9.17, 15) is 0 Å². The van der Waals surface area contributed by atoms with Gasteiger partial charge in [-0.2, -0.15) is 0 Å². The van der Waals surface area contributed by atoms with Gasteiger partial charge < -0.3 is 15.5 Å². The Morgan fingerprint density at radius 3 is 2.53 bits per heavy atom. The maximum absolute atomic E-state index is 9.16. The van der Waals surface area contributed by atoms with Crippen molar-refractivity contribution in [2.24, 2.45) is 0 Å². The summed E-state index contributed by atoms with van der Waals surface area (Å²) in [5, 5.41) is 21.0. The molecule has 0 saturated heterocycles. The molecule has 0 spiro atoms. The summed E-state index contributed by atoms with van der Waals surface area (Å²) >= 11 is 0. The topological polar surface area (TPSA) is 52.5 Å². The molecule has 0 fully saturated rings. The summed E-state index contributed by atoms with van der Waals surface area (Å²) in [5.74, 6) is 0. The van der Waals surface area contributed by atoms with E-state index in [0.717, 1.165) is 6.42 Å². The number of aliphatic hydroxyl groups excluding tert-OH is 2. The summed E-state index contributed by atoms with van der Waals surface area (Å²) in [7, 11) is 0. The average Bonchev–Trinajstić information content (AvgIpc) is 2.27. The highest BCUT2D eigenvalue weighted by Crippen LogP contribution is 2.02. The van der Waals surface area contributed by atoms with Gasteiger partial charge in [0.05, 0.1) is 12.7 Å². The molecule has 0 heterocycles. The quantitative estimate of drug-likeness (QED) is 0.641. The summed E-state index contributed by atoms with van der Waals surface area (Å²) in [6, 6.07) is 10.5. The molecule has 0 aliphatic carbocycles. The second-order valence-corrected chi connectivity index (χ2v) is 3.84. The lowest BCUT2D eigenvalue weighted by Gasteiger charge is -2.15. The van der Waals surface area contributed by atoms with Crippen LogP contribution in [0.3, 0.4) is 0 Å². The minimum Gasteiger partial charge on any atom is -0.394 e. The van der Waals surface area contributed by atoms with E-state index in [1.54, 1.807) is 0 Å². The number of rotatable bonds is 6. The Bertz CT molecular complexity index is 264. The van der Waals surface area contributed by atoms with Crippen molar-refractivity contribution >= 4 is 0 Å².